The summed E-state index contributed by atoms with van der Waals surface area (Å²) in [5, 5.41) is 4.11. The molecule has 2 heterocycles. The van der Waals surface area contributed by atoms with Gasteiger partial charge in [0.2, 0.25) is 17.8 Å². The van der Waals surface area contributed by atoms with Gasteiger partial charge in [0.1, 0.15) is 0 Å². The monoisotopic (exact) mass is 308 g/mol. The molecule has 1 aliphatic carbocycles. The normalized spacial score (nSPS) is 26.0. The lowest BCUT2D eigenvalue weighted by Crippen LogP contribution is -2.32. The average Bonchev–Trinajstić information content (AvgIpc) is 2.95. The Labute approximate surface area is 130 Å². The third-order valence-corrected chi connectivity index (χ3v) is 5.52. The number of nitrogens with one attached hydrogen (secondary N) is 1. The molecule has 0 radical (unpaired) electrons. The molecule has 0 spiro atoms. The molecule has 6 nitrogen and oxygen atoms in total. The first-order valence-corrected chi connectivity index (χ1v) is 9.11. The van der Waals surface area contributed by atoms with Crippen molar-refractivity contribution in [3.8, 4) is 0 Å². The Morgan fingerprint density at radius 2 is 1.90 bits per heavy atom. The minimum absolute atomic E-state index is 0.312. The van der Waals surface area contributed by atoms with Crippen LogP contribution in [0.2, 0.25) is 0 Å². The van der Waals surface area contributed by atoms with Gasteiger partial charge in [-0.1, -0.05) is 6.42 Å². The molecule has 2 unspecified atom stereocenters. The summed E-state index contributed by atoms with van der Waals surface area (Å²) < 4.78 is 0. The molecule has 3 N–H and O–H groups in total. The van der Waals surface area contributed by atoms with E-state index in [0.29, 0.717) is 23.2 Å². The van der Waals surface area contributed by atoms with Crippen LogP contribution < -0.4 is 16.0 Å². The van der Waals surface area contributed by atoms with Gasteiger partial charge in [-0.15, -0.1) is 0 Å². The fourth-order valence-corrected chi connectivity index (χ4v) is 4.15. The maximum atomic E-state index is 5.87. The van der Waals surface area contributed by atoms with Crippen LogP contribution in [0.5, 0.6) is 0 Å². The molecule has 0 aromatic carbocycles. The van der Waals surface area contributed by atoms with Crippen LogP contribution in [-0.2, 0) is 0 Å². The van der Waals surface area contributed by atoms with E-state index in [1.807, 2.05) is 11.8 Å². The molecule has 2 aliphatic rings. The van der Waals surface area contributed by atoms with E-state index >= 15 is 0 Å². The van der Waals surface area contributed by atoms with Crippen LogP contribution >= 0.6 is 11.8 Å². The summed E-state index contributed by atoms with van der Waals surface area (Å²) in [5.74, 6) is 1.67. The number of rotatable bonds is 4. The summed E-state index contributed by atoms with van der Waals surface area (Å²) in [6.07, 6.45) is 9.57. The zero-order chi connectivity index (χ0) is 14.7. The van der Waals surface area contributed by atoms with Crippen molar-refractivity contribution in [2.45, 2.75) is 49.8 Å². The van der Waals surface area contributed by atoms with Gasteiger partial charge in [0.05, 0.1) is 0 Å². The van der Waals surface area contributed by atoms with E-state index in [-0.39, 0.29) is 0 Å². The van der Waals surface area contributed by atoms with Crippen LogP contribution in [-0.4, -0.2) is 45.6 Å². The maximum absolute atomic E-state index is 5.87. The average molecular weight is 308 g/mol. The van der Waals surface area contributed by atoms with Crippen LogP contribution in [0.15, 0.2) is 0 Å². The standard InChI is InChI=1S/C14H24N6S/c1-21-11-7-5-6-10(11)16-13-17-12(15)18-14(19-13)20-8-3-2-4-9-20/h10-11H,2-9H2,1H3,(H3,15,16,17,18,19). The lowest BCUT2D eigenvalue weighted by molar-refractivity contribution is 0.567. The van der Waals surface area contributed by atoms with Crippen molar-refractivity contribution in [3.63, 3.8) is 0 Å². The summed E-state index contributed by atoms with van der Waals surface area (Å²) in [7, 11) is 0. The molecule has 1 saturated heterocycles. The quantitative estimate of drug-likeness (QED) is 0.882. The Hall–Kier alpha value is -1.24. The first-order chi connectivity index (χ1) is 10.3. The molecule has 21 heavy (non-hydrogen) atoms. The molecule has 0 bridgehead atoms. The highest BCUT2D eigenvalue weighted by molar-refractivity contribution is 7.99. The highest BCUT2D eigenvalue weighted by Gasteiger charge is 2.27. The predicted molar refractivity (Wildman–Crippen MR) is 88.9 cm³/mol. The van der Waals surface area contributed by atoms with Crippen LogP contribution in [0.25, 0.3) is 0 Å². The molecule has 2 atom stereocenters. The number of nitrogens with zero attached hydrogens (tertiary/aromatic N) is 4. The highest BCUT2D eigenvalue weighted by atomic mass is 32.2. The zero-order valence-corrected chi connectivity index (χ0v) is 13.4. The minimum atomic E-state index is 0.312. The first kappa shape index (κ1) is 14.7. The third kappa shape index (κ3) is 3.51. The predicted octanol–water partition coefficient (Wildman–Crippen LogP) is 2.14. The van der Waals surface area contributed by atoms with E-state index in [9.17, 15) is 0 Å². The Bertz CT molecular complexity index is 477. The van der Waals surface area contributed by atoms with Gasteiger partial charge in [0.25, 0.3) is 0 Å². The van der Waals surface area contributed by atoms with E-state index in [0.717, 1.165) is 19.0 Å². The number of thioether (sulfide) groups is 1. The van der Waals surface area contributed by atoms with E-state index in [1.165, 1.54) is 38.5 Å². The van der Waals surface area contributed by atoms with Crippen molar-refractivity contribution in [1.29, 1.82) is 0 Å². The summed E-state index contributed by atoms with van der Waals surface area (Å²) in [6.45, 7) is 2.03. The Kier molecular flexibility index (Phi) is 4.67. The van der Waals surface area contributed by atoms with Crippen LogP contribution in [0, 0.1) is 0 Å². The zero-order valence-electron chi connectivity index (χ0n) is 12.6. The van der Waals surface area contributed by atoms with Gasteiger partial charge in [-0.25, -0.2) is 0 Å². The molecule has 1 aromatic heterocycles. The fourth-order valence-electron chi connectivity index (χ4n) is 3.22. The first-order valence-electron chi connectivity index (χ1n) is 7.82. The van der Waals surface area contributed by atoms with E-state index < -0.39 is 0 Å². The highest BCUT2D eigenvalue weighted by Crippen LogP contribution is 2.30. The van der Waals surface area contributed by atoms with Crippen molar-refractivity contribution in [2.75, 3.05) is 35.3 Å². The molecular weight excluding hydrogens is 284 g/mol. The van der Waals surface area contributed by atoms with Gasteiger partial charge in [-0.05, 0) is 38.4 Å². The second-order valence-corrected chi connectivity index (χ2v) is 6.90. The Morgan fingerprint density at radius 3 is 2.67 bits per heavy atom. The molecule has 1 aromatic rings. The number of aromatic nitrogens is 3. The van der Waals surface area contributed by atoms with Crippen LogP contribution in [0.3, 0.4) is 0 Å². The lowest BCUT2D eigenvalue weighted by Gasteiger charge is -2.27. The fraction of sp³-hybridized carbons (Fsp3) is 0.786. The van der Waals surface area contributed by atoms with Crippen molar-refractivity contribution in [3.05, 3.63) is 0 Å². The molecule has 1 saturated carbocycles. The summed E-state index contributed by atoms with van der Waals surface area (Å²) in [6, 6.07) is 0.441. The molecule has 2 fully saturated rings. The van der Waals surface area contributed by atoms with E-state index in [1.54, 1.807) is 0 Å². The largest absolute Gasteiger partial charge is 0.368 e. The summed E-state index contributed by atoms with van der Waals surface area (Å²) >= 11 is 1.92. The van der Waals surface area contributed by atoms with Crippen molar-refractivity contribution in [1.82, 2.24) is 15.0 Å². The van der Waals surface area contributed by atoms with Gasteiger partial charge < -0.3 is 16.0 Å². The third-order valence-electron chi connectivity index (χ3n) is 4.35. The number of hydrogen-bond donors (Lipinski definition) is 2. The van der Waals surface area contributed by atoms with Crippen LogP contribution in [0.1, 0.15) is 38.5 Å². The Morgan fingerprint density at radius 1 is 1.10 bits per heavy atom. The molecule has 116 valence electrons. The van der Waals surface area contributed by atoms with Gasteiger partial charge in [-0.2, -0.15) is 26.7 Å². The molecule has 0 amide bonds. The molecule has 1 aliphatic heterocycles. The van der Waals surface area contributed by atoms with E-state index in [4.69, 9.17) is 5.73 Å². The molecular formula is C14H24N6S. The van der Waals surface area contributed by atoms with Crippen molar-refractivity contribution in [2.24, 2.45) is 0 Å². The minimum Gasteiger partial charge on any atom is -0.368 e. The van der Waals surface area contributed by atoms with Gasteiger partial charge >= 0.3 is 0 Å². The van der Waals surface area contributed by atoms with E-state index in [2.05, 4.69) is 31.4 Å². The number of piperidine rings is 1. The Balaban J connectivity index is 1.74. The topological polar surface area (TPSA) is 80.0 Å². The van der Waals surface area contributed by atoms with Gasteiger partial charge in [0.15, 0.2) is 0 Å². The summed E-state index contributed by atoms with van der Waals surface area (Å²) in [4.78, 5) is 15.4. The lowest BCUT2D eigenvalue weighted by atomic mass is 10.1. The van der Waals surface area contributed by atoms with Gasteiger partial charge in [0, 0.05) is 24.4 Å². The second kappa shape index (κ2) is 6.68. The number of nitrogens with two attached hydrogens (primary N) is 1. The smallest absolute Gasteiger partial charge is 0.231 e. The van der Waals surface area contributed by atoms with Crippen LogP contribution in [0.4, 0.5) is 17.8 Å². The van der Waals surface area contributed by atoms with Gasteiger partial charge in [-0.3, -0.25) is 0 Å². The molecule has 7 heteroatoms. The maximum Gasteiger partial charge on any atom is 0.231 e. The van der Waals surface area contributed by atoms with Crippen molar-refractivity contribution < 1.29 is 0 Å². The number of nitrogen functional groups attached to an aromatic ring is 1. The molecule has 3 rings (SSSR count). The number of anilines is 3. The summed E-state index contributed by atoms with van der Waals surface area (Å²) in [5.41, 5.74) is 5.87. The SMILES string of the molecule is CSC1CCCC1Nc1nc(N)nc(N2CCCCC2)n1. The number of hydrogen-bond acceptors (Lipinski definition) is 7. The second-order valence-electron chi connectivity index (χ2n) is 5.82. The van der Waals surface area contributed by atoms with Crippen molar-refractivity contribution >= 4 is 29.6 Å².